The highest BCUT2D eigenvalue weighted by Crippen LogP contribution is 2.54. The Morgan fingerprint density at radius 2 is 2.09 bits per heavy atom. The molecule has 0 saturated heterocycles. The molecule has 0 aliphatic heterocycles. The molecule has 3 nitrogen and oxygen atoms in total. The van der Waals surface area contributed by atoms with Gasteiger partial charge in [0.05, 0.1) is 12.7 Å². The third-order valence-electron chi connectivity index (χ3n) is 5.83. The standard InChI is InChI=1S/C19H29NO2/c1-13-5-8-16(10-18(13)22-4)19(21)11-14-6-7-15(9-14)17(19)12-20(2)3/h5,8,10,14-15,17,21H,6-7,9,11-12H2,1-4H3. The lowest BCUT2D eigenvalue weighted by Crippen LogP contribution is -2.47. The molecule has 2 bridgehead atoms. The number of rotatable bonds is 4. The smallest absolute Gasteiger partial charge is 0.122 e. The molecule has 2 fully saturated rings. The van der Waals surface area contributed by atoms with E-state index in [1.54, 1.807) is 7.11 Å². The first-order valence-electron chi connectivity index (χ1n) is 8.46. The van der Waals surface area contributed by atoms with Crippen LogP contribution in [0.4, 0.5) is 0 Å². The quantitative estimate of drug-likeness (QED) is 0.927. The molecule has 2 aliphatic carbocycles. The molecule has 0 radical (unpaired) electrons. The van der Waals surface area contributed by atoms with Gasteiger partial charge in [-0.15, -0.1) is 0 Å². The van der Waals surface area contributed by atoms with Gasteiger partial charge in [-0.05, 0) is 69.3 Å². The summed E-state index contributed by atoms with van der Waals surface area (Å²) < 4.78 is 5.49. The van der Waals surface area contributed by atoms with Gasteiger partial charge in [-0.1, -0.05) is 18.6 Å². The molecule has 0 aromatic heterocycles. The summed E-state index contributed by atoms with van der Waals surface area (Å²) in [6.45, 7) is 3.00. The first-order valence-corrected chi connectivity index (χ1v) is 8.46. The van der Waals surface area contributed by atoms with Crippen LogP contribution in [-0.4, -0.2) is 37.8 Å². The van der Waals surface area contributed by atoms with E-state index < -0.39 is 5.60 Å². The first kappa shape index (κ1) is 15.8. The Bertz CT molecular complexity index is 542. The monoisotopic (exact) mass is 303 g/mol. The number of aliphatic hydroxyl groups is 1. The molecule has 122 valence electrons. The zero-order valence-corrected chi connectivity index (χ0v) is 14.3. The molecule has 3 rings (SSSR count). The summed E-state index contributed by atoms with van der Waals surface area (Å²) >= 11 is 0. The molecule has 0 heterocycles. The minimum atomic E-state index is -0.713. The van der Waals surface area contributed by atoms with E-state index in [9.17, 15) is 5.11 Å². The number of aryl methyl sites for hydroxylation is 1. The van der Waals surface area contributed by atoms with Gasteiger partial charge in [0.25, 0.3) is 0 Å². The lowest BCUT2D eigenvalue weighted by atomic mass is 9.66. The zero-order valence-electron chi connectivity index (χ0n) is 14.3. The largest absolute Gasteiger partial charge is 0.496 e. The summed E-state index contributed by atoms with van der Waals surface area (Å²) in [4.78, 5) is 2.22. The maximum atomic E-state index is 11.7. The minimum Gasteiger partial charge on any atom is -0.496 e. The number of fused-ring (bicyclic) bond motifs is 2. The van der Waals surface area contributed by atoms with Crippen molar-refractivity contribution in [3.8, 4) is 5.75 Å². The highest BCUT2D eigenvalue weighted by atomic mass is 16.5. The molecule has 4 atom stereocenters. The van der Waals surface area contributed by atoms with Gasteiger partial charge in [0.1, 0.15) is 5.75 Å². The van der Waals surface area contributed by atoms with Crippen LogP contribution in [0.5, 0.6) is 5.75 Å². The first-order chi connectivity index (χ1) is 10.4. The van der Waals surface area contributed by atoms with E-state index in [1.807, 2.05) is 0 Å². The number of hydrogen-bond donors (Lipinski definition) is 1. The Balaban J connectivity index is 2.00. The topological polar surface area (TPSA) is 32.7 Å². The van der Waals surface area contributed by atoms with Crippen molar-refractivity contribution >= 4 is 0 Å². The average Bonchev–Trinajstić information content (AvgIpc) is 2.87. The predicted molar refractivity (Wildman–Crippen MR) is 89.1 cm³/mol. The fraction of sp³-hybridized carbons (Fsp3) is 0.684. The molecule has 1 N–H and O–H groups in total. The second-order valence-electron chi connectivity index (χ2n) is 7.62. The lowest BCUT2D eigenvalue weighted by molar-refractivity contribution is -0.0892. The van der Waals surface area contributed by atoms with Crippen LogP contribution in [0.25, 0.3) is 0 Å². The summed E-state index contributed by atoms with van der Waals surface area (Å²) in [5, 5.41) is 11.7. The van der Waals surface area contributed by atoms with E-state index in [-0.39, 0.29) is 0 Å². The fourth-order valence-electron chi connectivity index (χ4n) is 4.76. The Morgan fingerprint density at radius 1 is 1.32 bits per heavy atom. The van der Waals surface area contributed by atoms with E-state index in [0.29, 0.717) is 17.8 Å². The molecule has 4 unspecified atom stereocenters. The summed E-state index contributed by atoms with van der Waals surface area (Å²) in [7, 11) is 5.92. The number of nitrogens with zero attached hydrogens (tertiary/aromatic N) is 1. The van der Waals surface area contributed by atoms with Crippen molar-refractivity contribution in [2.24, 2.45) is 17.8 Å². The highest BCUT2D eigenvalue weighted by Gasteiger charge is 2.51. The number of hydrogen-bond acceptors (Lipinski definition) is 3. The molecule has 1 aromatic rings. The predicted octanol–water partition coefficient (Wildman–Crippen LogP) is 3.19. The van der Waals surface area contributed by atoms with E-state index in [2.05, 4.69) is 44.1 Å². The maximum absolute atomic E-state index is 11.7. The van der Waals surface area contributed by atoms with Crippen LogP contribution < -0.4 is 4.74 Å². The summed E-state index contributed by atoms with van der Waals surface area (Å²) in [5.41, 5.74) is 1.45. The Morgan fingerprint density at radius 3 is 2.77 bits per heavy atom. The number of methoxy groups -OCH3 is 1. The van der Waals surface area contributed by atoms with Crippen molar-refractivity contribution in [3.63, 3.8) is 0 Å². The number of benzene rings is 1. The maximum Gasteiger partial charge on any atom is 0.122 e. The normalized spacial score (nSPS) is 34.2. The lowest BCUT2D eigenvalue weighted by Gasteiger charge is -2.45. The molecule has 0 amide bonds. The van der Waals surface area contributed by atoms with Gasteiger partial charge in [0.15, 0.2) is 0 Å². The molecule has 22 heavy (non-hydrogen) atoms. The van der Waals surface area contributed by atoms with Crippen LogP contribution in [0.1, 0.15) is 36.8 Å². The van der Waals surface area contributed by atoms with Crippen molar-refractivity contribution in [1.82, 2.24) is 4.90 Å². The Kier molecular flexibility index (Phi) is 4.21. The van der Waals surface area contributed by atoms with E-state index >= 15 is 0 Å². The van der Waals surface area contributed by atoms with Crippen LogP contribution in [0.2, 0.25) is 0 Å². The highest BCUT2D eigenvalue weighted by molar-refractivity contribution is 5.40. The molecular weight excluding hydrogens is 274 g/mol. The van der Waals surface area contributed by atoms with Crippen LogP contribution in [0.3, 0.4) is 0 Å². The second kappa shape index (κ2) is 5.86. The van der Waals surface area contributed by atoms with Crippen LogP contribution >= 0.6 is 0 Å². The fourth-order valence-corrected chi connectivity index (χ4v) is 4.76. The van der Waals surface area contributed by atoms with Gasteiger partial charge in [-0.2, -0.15) is 0 Å². The van der Waals surface area contributed by atoms with Crippen molar-refractivity contribution in [2.75, 3.05) is 27.7 Å². The van der Waals surface area contributed by atoms with Gasteiger partial charge >= 0.3 is 0 Å². The van der Waals surface area contributed by atoms with Crippen molar-refractivity contribution < 1.29 is 9.84 Å². The van der Waals surface area contributed by atoms with E-state index in [4.69, 9.17) is 4.74 Å². The van der Waals surface area contributed by atoms with Crippen molar-refractivity contribution in [1.29, 1.82) is 0 Å². The third kappa shape index (κ3) is 2.65. The van der Waals surface area contributed by atoms with Crippen LogP contribution in [0, 0.1) is 24.7 Å². The average molecular weight is 303 g/mol. The molecule has 3 heteroatoms. The molecule has 2 saturated carbocycles. The Labute approximate surface area is 134 Å². The minimum absolute atomic E-state index is 0.314. The van der Waals surface area contributed by atoms with Crippen LogP contribution in [-0.2, 0) is 5.60 Å². The molecule has 0 spiro atoms. The Hall–Kier alpha value is -1.06. The second-order valence-corrected chi connectivity index (χ2v) is 7.62. The number of ether oxygens (including phenoxy) is 1. The molecule has 1 aromatic carbocycles. The van der Waals surface area contributed by atoms with E-state index in [1.165, 1.54) is 19.3 Å². The zero-order chi connectivity index (χ0) is 15.9. The SMILES string of the molecule is COc1cc(C2(O)CC3CCC(C3)C2CN(C)C)ccc1C. The van der Waals surface area contributed by atoms with Crippen molar-refractivity contribution in [3.05, 3.63) is 29.3 Å². The summed E-state index contributed by atoms with van der Waals surface area (Å²) in [6, 6.07) is 6.24. The van der Waals surface area contributed by atoms with Gasteiger partial charge < -0.3 is 14.7 Å². The van der Waals surface area contributed by atoms with E-state index in [0.717, 1.165) is 29.8 Å². The van der Waals surface area contributed by atoms with Gasteiger partial charge in [-0.3, -0.25) is 0 Å². The van der Waals surface area contributed by atoms with Gasteiger partial charge in [0.2, 0.25) is 0 Å². The van der Waals surface area contributed by atoms with Crippen LogP contribution in [0.15, 0.2) is 18.2 Å². The van der Waals surface area contributed by atoms with Gasteiger partial charge in [-0.25, -0.2) is 0 Å². The third-order valence-corrected chi connectivity index (χ3v) is 5.83. The molecular formula is C19H29NO2. The van der Waals surface area contributed by atoms with Gasteiger partial charge in [0, 0.05) is 12.5 Å². The summed E-state index contributed by atoms with van der Waals surface area (Å²) in [5.74, 6) is 2.53. The molecule has 2 aliphatic rings. The summed E-state index contributed by atoms with van der Waals surface area (Å²) in [6.07, 6.45) is 4.74. The van der Waals surface area contributed by atoms with Crippen molar-refractivity contribution in [2.45, 2.75) is 38.2 Å².